The molecular formula is C44H22BF26N. The van der Waals surface area contributed by atoms with Crippen LogP contribution in [0, 0.1) is 11.8 Å². The summed E-state index contributed by atoms with van der Waals surface area (Å²) in [6, 6.07) is 3.15. The van der Waals surface area contributed by atoms with Crippen LogP contribution >= 0.6 is 0 Å². The predicted octanol–water partition coefficient (Wildman–Crippen LogP) is 13.5. The number of nitrogens with zero attached hydrogens (tertiary/aromatic N) is 1. The summed E-state index contributed by atoms with van der Waals surface area (Å²) in [4.78, 5) is 0. The number of alkyl halides is 24. The van der Waals surface area contributed by atoms with E-state index in [1.807, 2.05) is 30.3 Å². The van der Waals surface area contributed by atoms with Gasteiger partial charge in [0.15, 0.2) is 12.7 Å². The van der Waals surface area contributed by atoms with Gasteiger partial charge in [-0.05, 0) is 30.3 Å². The summed E-state index contributed by atoms with van der Waals surface area (Å²) >= 11 is 0. The number of hydrogen-bond acceptors (Lipinski definition) is 0. The molecule has 1 heterocycles. The van der Waals surface area contributed by atoms with Crippen molar-refractivity contribution in [2.24, 2.45) is 0 Å². The minimum Gasteiger partial charge on any atom is -0.197 e. The Hall–Kier alpha value is -6.51. The second-order valence-corrected chi connectivity index (χ2v) is 15.5. The first-order chi connectivity index (χ1) is 32.5. The largest absolute Gasteiger partial charge is 0.416 e. The lowest BCUT2D eigenvalue weighted by Crippen LogP contribution is -2.75. The summed E-state index contributed by atoms with van der Waals surface area (Å²) in [5.41, 5.74) is -29.3. The first-order valence-corrected chi connectivity index (χ1v) is 19.3. The summed E-state index contributed by atoms with van der Waals surface area (Å²) in [5.74, 6) is -1.66. The Balaban J connectivity index is 0.000000542. The molecule has 0 atom stereocenters. The normalized spacial score (nSPS) is 13.5. The van der Waals surface area contributed by atoms with Crippen molar-refractivity contribution in [1.82, 2.24) is 0 Å². The van der Waals surface area contributed by atoms with Crippen molar-refractivity contribution in [1.29, 1.82) is 0 Å². The van der Waals surface area contributed by atoms with Crippen LogP contribution in [0.5, 0.6) is 0 Å². The molecule has 6 rings (SSSR count). The molecule has 6 aromatic rings. The van der Waals surface area contributed by atoms with Crippen LogP contribution in [-0.4, -0.2) is 6.15 Å². The van der Waals surface area contributed by atoms with Crippen LogP contribution in [0.25, 0.3) is 0 Å². The van der Waals surface area contributed by atoms with E-state index in [0.717, 1.165) is 11.6 Å². The SMILES string of the molecule is FC(F)(F)c1cc([B-](c2cc(C(F)(F)F)cc(C(F)(F)F)c2)(c2cc(C(F)(F)F)cc(C(F)(F)F)c2)c2cc(C(F)(F)F)cc(C(F)(F)F)c2)cc(C(F)(F)F)c1.Fc1ccc[n+](Cc2ccccc2)c1F. The van der Waals surface area contributed by atoms with Gasteiger partial charge in [0.2, 0.25) is 5.82 Å². The fourth-order valence-electron chi connectivity index (χ4n) is 7.48. The smallest absolute Gasteiger partial charge is 0.197 e. The average molecular weight is 1070 g/mol. The quantitative estimate of drug-likeness (QED) is 0.0677. The minimum absolute atomic E-state index is 0.338. The molecule has 0 amide bonds. The molecule has 72 heavy (non-hydrogen) atoms. The number of benzene rings is 5. The van der Waals surface area contributed by atoms with Gasteiger partial charge in [-0.15, -0.1) is 4.39 Å². The molecule has 0 bridgehead atoms. The molecule has 1 nitrogen and oxygen atoms in total. The Morgan fingerprint density at radius 2 is 0.542 bits per heavy atom. The molecule has 28 heteroatoms. The molecule has 0 unspecified atom stereocenters. The van der Waals surface area contributed by atoms with Gasteiger partial charge in [-0.2, -0.15) is 136 Å². The average Bonchev–Trinajstić information content (AvgIpc) is 3.23. The van der Waals surface area contributed by atoms with E-state index >= 15 is 0 Å². The Labute approximate surface area is 385 Å². The lowest BCUT2D eigenvalue weighted by molar-refractivity contribution is -0.717. The summed E-state index contributed by atoms with van der Waals surface area (Å²) in [6.07, 6.45) is -53.3. The predicted molar refractivity (Wildman–Crippen MR) is 202 cm³/mol. The van der Waals surface area contributed by atoms with Crippen LogP contribution in [0.1, 0.15) is 50.1 Å². The molecule has 0 aliphatic carbocycles. The number of aromatic nitrogens is 1. The van der Waals surface area contributed by atoms with Gasteiger partial charge in [-0.3, -0.25) is 0 Å². The zero-order chi connectivity index (χ0) is 54.6. The summed E-state index contributed by atoms with van der Waals surface area (Å²) in [6.45, 7) is 0.338. The van der Waals surface area contributed by atoms with E-state index in [4.69, 9.17) is 0 Å². The third-order valence-electron chi connectivity index (χ3n) is 10.6. The first-order valence-electron chi connectivity index (χ1n) is 19.3. The minimum atomic E-state index is -6.13. The van der Waals surface area contributed by atoms with Gasteiger partial charge in [-0.25, -0.2) is 0 Å². The zero-order valence-electron chi connectivity index (χ0n) is 34.6. The molecule has 0 aliphatic heterocycles. The van der Waals surface area contributed by atoms with Crippen LogP contribution in [0.15, 0.2) is 121 Å². The highest BCUT2D eigenvalue weighted by Crippen LogP contribution is 2.41. The highest BCUT2D eigenvalue weighted by Gasteiger charge is 2.47. The fraction of sp³-hybridized carbons (Fsp3) is 0.205. The monoisotopic (exact) mass is 1070 g/mol. The van der Waals surface area contributed by atoms with Crippen LogP contribution in [-0.2, 0) is 56.0 Å². The molecule has 388 valence electrons. The molecule has 0 spiro atoms. The molecule has 0 aliphatic rings. The number of rotatable bonds is 6. The molecule has 0 saturated carbocycles. The third kappa shape index (κ3) is 12.7. The maximum absolute atomic E-state index is 14.2. The van der Waals surface area contributed by atoms with Gasteiger partial charge in [-0.1, -0.05) is 78.9 Å². The summed E-state index contributed by atoms with van der Waals surface area (Å²) < 4.78 is 368. The van der Waals surface area contributed by atoms with Gasteiger partial charge < -0.3 is 0 Å². The van der Waals surface area contributed by atoms with Gasteiger partial charge in [0.25, 0.3) is 0 Å². The van der Waals surface area contributed by atoms with Crippen molar-refractivity contribution < 1.29 is 119 Å². The second-order valence-electron chi connectivity index (χ2n) is 15.5. The molecule has 0 saturated heterocycles. The topological polar surface area (TPSA) is 3.88 Å². The zero-order valence-corrected chi connectivity index (χ0v) is 34.6. The van der Waals surface area contributed by atoms with E-state index in [1.165, 1.54) is 16.8 Å². The lowest BCUT2D eigenvalue weighted by atomic mass is 9.12. The summed E-state index contributed by atoms with van der Waals surface area (Å²) in [7, 11) is 0. The maximum atomic E-state index is 14.2. The Morgan fingerprint density at radius 3 is 0.764 bits per heavy atom. The molecule has 0 radical (unpaired) electrons. The van der Waals surface area contributed by atoms with Gasteiger partial charge in [0.05, 0.1) is 44.5 Å². The van der Waals surface area contributed by atoms with Crippen LogP contribution in [0.2, 0.25) is 0 Å². The fourth-order valence-corrected chi connectivity index (χ4v) is 7.48. The number of pyridine rings is 1. The van der Waals surface area contributed by atoms with E-state index in [0.29, 0.717) is 6.54 Å². The summed E-state index contributed by atoms with van der Waals surface area (Å²) in [5, 5.41) is 0. The first kappa shape index (κ1) is 56.4. The second kappa shape index (κ2) is 19.2. The molecule has 0 fully saturated rings. The van der Waals surface area contributed by atoms with Crippen LogP contribution in [0.4, 0.5) is 114 Å². The van der Waals surface area contributed by atoms with Crippen molar-refractivity contribution in [3.63, 3.8) is 0 Å². The van der Waals surface area contributed by atoms with Crippen molar-refractivity contribution in [2.75, 3.05) is 0 Å². The highest BCUT2D eigenvalue weighted by molar-refractivity contribution is 7.20. The van der Waals surface area contributed by atoms with Crippen LogP contribution < -0.4 is 26.4 Å². The maximum Gasteiger partial charge on any atom is 0.416 e. The Morgan fingerprint density at radius 1 is 0.306 bits per heavy atom. The van der Waals surface area contributed by atoms with Crippen molar-refractivity contribution in [2.45, 2.75) is 56.0 Å². The Kier molecular flexibility index (Phi) is 15.0. The van der Waals surface area contributed by atoms with E-state index in [1.54, 1.807) is 0 Å². The standard InChI is InChI=1S/C32H12BF24.C12H10F2N/c34-25(35,36)13-1-14(26(37,38)39)6-21(5-13)33(22-7-15(27(40,41)42)2-16(8-22)28(43,44)45,23-9-17(29(46,47)48)3-18(10-23)30(49,50)51)24-11-19(31(52,53)54)4-20(12-24)32(55,56)57;13-11-7-4-8-15(12(11)14)9-10-5-2-1-3-6-10/h1-12H;1-8H,9H2/q-1;+1. The van der Waals surface area contributed by atoms with Gasteiger partial charge in [0, 0.05) is 11.6 Å². The van der Waals surface area contributed by atoms with E-state index in [9.17, 15) is 114 Å². The van der Waals surface area contributed by atoms with Crippen molar-refractivity contribution in [3.05, 3.63) is 183 Å². The molecule has 1 aromatic heterocycles. The van der Waals surface area contributed by atoms with E-state index in [-0.39, 0.29) is 0 Å². The molecule has 0 N–H and O–H groups in total. The van der Waals surface area contributed by atoms with Crippen LogP contribution in [0.3, 0.4) is 0 Å². The number of hydrogen-bond donors (Lipinski definition) is 0. The van der Waals surface area contributed by atoms with Crippen molar-refractivity contribution in [3.8, 4) is 0 Å². The number of halogens is 26. The lowest BCUT2D eigenvalue weighted by Gasteiger charge is -2.46. The van der Waals surface area contributed by atoms with Gasteiger partial charge in [0.1, 0.15) is 6.15 Å². The third-order valence-corrected chi connectivity index (χ3v) is 10.6. The molecular weight excluding hydrogens is 1050 g/mol. The van der Waals surface area contributed by atoms with Gasteiger partial charge >= 0.3 is 55.4 Å². The van der Waals surface area contributed by atoms with Crippen molar-refractivity contribution >= 4 is 28.0 Å². The van der Waals surface area contributed by atoms with E-state index in [2.05, 4.69) is 0 Å². The highest BCUT2D eigenvalue weighted by atomic mass is 19.4. The Bertz CT molecular complexity index is 2460. The van der Waals surface area contributed by atoms with E-state index < -0.39 is 206 Å². The molecule has 5 aromatic carbocycles.